The van der Waals surface area contributed by atoms with Gasteiger partial charge in [-0.2, -0.15) is 0 Å². The van der Waals surface area contributed by atoms with Crippen LogP contribution in [0.4, 0.5) is 8.78 Å². The van der Waals surface area contributed by atoms with Crippen LogP contribution in [0.25, 0.3) is 16.9 Å². The van der Waals surface area contributed by atoms with Crippen LogP contribution in [0.2, 0.25) is 5.15 Å². The molecule has 0 aliphatic heterocycles. The van der Waals surface area contributed by atoms with Crippen molar-refractivity contribution in [1.82, 2.24) is 9.55 Å². The van der Waals surface area contributed by atoms with Crippen molar-refractivity contribution in [2.24, 2.45) is 0 Å². The zero-order valence-corrected chi connectivity index (χ0v) is 13.9. The summed E-state index contributed by atoms with van der Waals surface area (Å²) in [5, 5.41) is 0.0488. The molecule has 0 N–H and O–H groups in total. The Morgan fingerprint density at radius 2 is 1.75 bits per heavy atom. The van der Waals surface area contributed by atoms with E-state index in [4.69, 9.17) is 11.6 Å². The highest BCUT2D eigenvalue weighted by atomic mass is 35.5. The Morgan fingerprint density at radius 1 is 1.08 bits per heavy atom. The van der Waals surface area contributed by atoms with E-state index in [0.29, 0.717) is 5.69 Å². The first-order chi connectivity index (χ1) is 11.3. The first-order valence-electron chi connectivity index (χ1n) is 6.76. The highest BCUT2D eigenvalue weighted by Crippen LogP contribution is 2.32. The standard InChI is InChI=1S/C16H11ClF2N2O2S/c1-24(22,23)12-5-3-11(4-6-12)21-9-20-16(17)15(21)13-7-2-10(18)8-14(13)19/h2-9H,1H3. The molecule has 0 amide bonds. The van der Waals surface area contributed by atoms with Gasteiger partial charge in [-0.1, -0.05) is 11.6 Å². The zero-order valence-electron chi connectivity index (χ0n) is 12.4. The fourth-order valence-corrected chi connectivity index (χ4v) is 3.17. The van der Waals surface area contributed by atoms with Gasteiger partial charge in [0.05, 0.1) is 10.6 Å². The predicted molar refractivity (Wildman–Crippen MR) is 87.0 cm³/mol. The van der Waals surface area contributed by atoms with Gasteiger partial charge in [0.15, 0.2) is 15.0 Å². The van der Waals surface area contributed by atoms with E-state index in [1.54, 1.807) is 12.1 Å². The lowest BCUT2D eigenvalue weighted by atomic mass is 10.1. The predicted octanol–water partition coefficient (Wildman–Crippen LogP) is 3.87. The van der Waals surface area contributed by atoms with Crippen LogP contribution in [0.3, 0.4) is 0 Å². The molecule has 3 rings (SSSR count). The smallest absolute Gasteiger partial charge is 0.175 e. The summed E-state index contributed by atoms with van der Waals surface area (Å²) in [6.07, 6.45) is 2.49. The summed E-state index contributed by atoms with van der Waals surface area (Å²) in [5.41, 5.74) is 0.882. The third-order valence-electron chi connectivity index (χ3n) is 3.45. The van der Waals surface area contributed by atoms with Crippen LogP contribution >= 0.6 is 11.6 Å². The number of hydrogen-bond donors (Lipinski definition) is 0. The third kappa shape index (κ3) is 3.05. The molecule has 1 heterocycles. The maximum Gasteiger partial charge on any atom is 0.175 e. The van der Waals surface area contributed by atoms with Crippen molar-refractivity contribution in [3.05, 3.63) is 65.6 Å². The molecule has 4 nitrogen and oxygen atoms in total. The molecule has 0 aliphatic rings. The maximum atomic E-state index is 14.1. The molecule has 3 aromatic rings. The van der Waals surface area contributed by atoms with Crippen LogP contribution in [-0.4, -0.2) is 24.2 Å². The molecule has 124 valence electrons. The fraction of sp³-hybridized carbons (Fsp3) is 0.0625. The number of hydrogen-bond acceptors (Lipinski definition) is 3. The number of aromatic nitrogens is 2. The van der Waals surface area contributed by atoms with Crippen LogP contribution in [0.5, 0.6) is 0 Å². The molecule has 0 bridgehead atoms. The van der Waals surface area contributed by atoms with E-state index >= 15 is 0 Å². The molecule has 1 aromatic heterocycles. The van der Waals surface area contributed by atoms with Crippen LogP contribution < -0.4 is 0 Å². The molecular weight excluding hydrogens is 358 g/mol. The molecule has 0 radical (unpaired) electrons. The van der Waals surface area contributed by atoms with Crippen LogP contribution in [-0.2, 0) is 9.84 Å². The van der Waals surface area contributed by atoms with E-state index in [9.17, 15) is 17.2 Å². The Morgan fingerprint density at radius 3 is 2.33 bits per heavy atom. The second kappa shape index (κ2) is 5.99. The minimum Gasteiger partial charge on any atom is -0.297 e. The van der Waals surface area contributed by atoms with Gasteiger partial charge in [0.2, 0.25) is 0 Å². The number of halogens is 3. The van der Waals surface area contributed by atoms with Crippen molar-refractivity contribution in [1.29, 1.82) is 0 Å². The largest absolute Gasteiger partial charge is 0.297 e. The van der Waals surface area contributed by atoms with Crippen LogP contribution in [0.1, 0.15) is 0 Å². The Hall–Kier alpha value is -2.25. The molecule has 0 spiro atoms. The van der Waals surface area contributed by atoms with Crippen molar-refractivity contribution in [3.63, 3.8) is 0 Å². The summed E-state index contributed by atoms with van der Waals surface area (Å²) in [6, 6.07) is 9.13. The van der Waals surface area contributed by atoms with Crippen molar-refractivity contribution in [2.45, 2.75) is 4.90 Å². The highest BCUT2D eigenvalue weighted by Gasteiger charge is 2.17. The highest BCUT2D eigenvalue weighted by molar-refractivity contribution is 7.90. The number of sulfone groups is 1. The molecule has 0 unspecified atom stereocenters. The van der Waals surface area contributed by atoms with Gasteiger partial charge in [-0.3, -0.25) is 4.57 Å². The lowest BCUT2D eigenvalue weighted by Gasteiger charge is -2.10. The van der Waals surface area contributed by atoms with Crippen molar-refractivity contribution in [3.8, 4) is 16.9 Å². The van der Waals surface area contributed by atoms with Gasteiger partial charge in [0.1, 0.15) is 18.0 Å². The van der Waals surface area contributed by atoms with Crippen molar-refractivity contribution < 1.29 is 17.2 Å². The Bertz CT molecular complexity index is 1020. The molecule has 0 atom stereocenters. The minimum absolute atomic E-state index is 0.0488. The number of nitrogens with zero attached hydrogens (tertiary/aromatic N) is 2. The normalized spacial score (nSPS) is 11.7. The van der Waals surface area contributed by atoms with Gasteiger partial charge >= 0.3 is 0 Å². The summed E-state index contributed by atoms with van der Waals surface area (Å²) in [6.45, 7) is 0. The molecule has 2 aromatic carbocycles. The lowest BCUT2D eigenvalue weighted by Crippen LogP contribution is -2.00. The number of imidazole rings is 1. The number of benzene rings is 2. The van der Waals surface area contributed by atoms with Gasteiger partial charge in [0, 0.05) is 23.6 Å². The molecule has 0 aliphatic carbocycles. The summed E-state index contributed by atoms with van der Waals surface area (Å²) >= 11 is 6.06. The maximum absolute atomic E-state index is 14.1. The third-order valence-corrected chi connectivity index (χ3v) is 4.86. The SMILES string of the molecule is CS(=O)(=O)c1ccc(-n2cnc(Cl)c2-c2ccc(F)cc2F)cc1. The van der Waals surface area contributed by atoms with E-state index in [-0.39, 0.29) is 21.3 Å². The van der Waals surface area contributed by atoms with E-state index in [2.05, 4.69) is 4.98 Å². The molecular formula is C16H11ClF2N2O2S. The summed E-state index contributed by atoms with van der Waals surface area (Å²) in [5.74, 6) is -1.47. The van der Waals surface area contributed by atoms with Crippen LogP contribution in [0.15, 0.2) is 53.7 Å². The molecule has 0 saturated heterocycles. The van der Waals surface area contributed by atoms with Crippen molar-refractivity contribution >= 4 is 21.4 Å². The average molecular weight is 369 g/mol. The van der Waals surface area contributed by atoms with Crippen molar-refractivity contribution in [2.75, 3.05) is 6.26 Å². The Kier molecular flexibility index (Phi) is 4.15. The molecule has 24 heavy (non-hydrogen) atoms. The van der Waals surface area contributed by atoms with E-state index in [1.807, 2.05) is 0 Å². The lowest BCUT2D eigenvalue weighted by molar-refractivity contribution is 0.585. The summed E-state index contributed by atoms with van der Waals surface area (Å²) in [4.78, 5) is 4.11. The van der Waals surface area contributed by atoms with E-state index in [0.717, 1.165) is 18.4 Å². The monoisotopic (exact) mass is 368 g/mol. The second-order valence-corrected chi connectivity index (χ2v) is 7.52. The number of rotatable bonds is 3. The Labute approximate surface area is 142 Å². The summed E-state index contributed by atoms with van der Waals surface area (Å²) in [7, 11) is -3.32. The quantitative estimate of drug-likeness (QED) is 0.705. The first kappa shape index (κ1) is 16.6. The van der Waals surface area contributed by atoms with Gasteiger partial charge in [0.25, 0.3) is 0 Å². The second-order valence-electron chi connectivity index (χ2n) is 5.14. The first-order valence-corrected chi connectivity index (χ1v) is 9.03. The van der Waals surface area contributed by atoms with Gasteiger partial charge < -0.3 is 0 Å². The van der Waals surface area contributed by atoms with Gasteiger partial charge in [-0.15, -0.1) is 0 Å². The average Bonchev–Trinajstić information content (AvgIpc) is 2.88. The van der Waals surface area contributed by atoms with E-state index in [1.165, 1.54) is 29.1 Å². The van der Waals surface area contributed by atoms with Crippen LogP contribution in [0, 0.1) is 11.6 Å². The fourth-order valence-electron chi connectivity index (χ4n) is 2.30. The van der Waals surface area contributed by atoms with Gasteiger partial charge in [-0.25, -0.2) is 22.2 Å². The molecule has 0 fully saturated rings. The van der Waals surface area contributed by atoms with Gasteiger partial charge in [-0.05, 0) is 36.4 Å². The minimum atomic E-state index is -3.32. The molecule has 0 saturated carbocycles. The van der Waals surface area contributed by atoms with E-state index < -0.39 is 21.5 Å². The molecule has 8 heteroatoms. The summed E-state index contributed by atoms with van der Waals surface area (Å²) < 4.78 is 51.8. The Balaban J connectivity index is 2.14. The topological polar surface area (TPSA) is 52.0 Å². The zero-order chi connectivity index (χ0) is 17.5.